The number of benzene rings is 6. The van der Waals surface area contributed by atoms with Crippen LogP contribution in [-0.2, 0) is 0 Å². The fourth-order valence-electron chi connectivity index (χ4n) is 6.04. The molecule has 0 radical (unpaired) electrons. The Labute approximate surface area is 246 Å². The second-order valence-corrected chi connectivity index (χ2v) is 10.7. The molecule has 43 heavy (non-hydrogen) atoms. The van der Waals surface area contributed by atoms with Gasteiger partial charge in [-0.25, -0.2) is 15.0 Å². The molecule has 0 aliphatic heterocycles. The number of rotatable bonds is 3. The molecule has 5 nitrogen and oxygen atoms in total. The summed E-state index contributed by atoms with van der Waals surface area (Å²) in [5.74, 6) is 1.84. The van der Waals surface area contributed by atoms with Gasteiger partial charge in [-0.15, -0.1) is 0 Å². The number of fused-ring (bicyclic) bond motifs is 7. The molecule has 0 atom stereocenters. The molecule has 6 aromatic carbocycles. The zero-order valence-electron chi connectivity index (χ0n) is 22.9. The van der Waals surface area contributed by atoms with E-state index in [0.717, 1.165) is 60.2 Å². The van der Waals surface area contributed by atoms with Crippen molar-refractivity contribution in [1.82, 2.24) is 19.9 Å². The van der Waals surface area contributed by atoms with Gasteiger partial charge in [0.2, 0.25) is 0 Å². The molecule has 3 aromatic heterocycles. The maximum Gasteiger partial charge on any atom is 0.164 e. The van der Waals surface area contributed by atoms with Crippen molar-refractivity contribution in [3.63, 3.8) is 0 Å². The Morgan fingerprint density at radius 3 is 1.77 bits per heavy atom. The summed E-state index contributed by atoms with van der Waals surface area (Å²) in [5, 5.41) is 8.64. The van der Waals surface area contributed by atoms with Gasteiger partial charge in [-0.3, -0.25) is 4.98 Å². The number of hydrogen-bond donors (Lipinski definition) is 0. The molecule has 9 rings (SSSR count). The van der Waals surface area contributed by atoms with Crippen molar-refractivity contribution in [3.8, 4) is 34.2 Å². The number of nitrogens with zero attached hydrogens (tertiary/aromatic N) is 4. The van der Waals surface area contributed by atoms with Crippen molar-refractivity contribution in [2.24, 2.45) is 0 Å². The van der Waals surface area contributed by atoms with Gasteiger partial charge in [-0.2, -0.15) is 0 Å². The minimum absolute atomic E-state index is 0.595. The Balaban J connectivity index is 1.33. The molecular formula is C38H22N4O. The zero-order valence-corrected chi connectivity index (χ0v) is 22.9. The van der Waals surface area contributed by atoms with Gasteiger partial charge in [-0.1, -0.05) is 97.1 Å². The Morgan fingerprint density at radius 2 is 1.07 bits per heavy atom. The van der Waals surface area contributed by atoms with Crippen molar-refractivity contribution >= 4 is 54.3 Å². The lowest BCUT2D eigenvalue weighted by Gasteiger charge is -2.11. The van der Waals surface area contributed by atoms with Crippen LogP contribution in [0.25, 0.3) is 88.4 Å². The summed E-state index contributed by atoms with van der Waals surface area (Å²) in [7, 11) is 0. The smallest absolute Gasteiger partial charge is 0.164 e. The third kappa shape index (κ3) is 3.86. The van der Waals surface area contributed by atoms with Crippen molar-refractivity contribution in [1.29, 1.82) is 0 Å². The van der Waals surface area contributed by atoms with Crippen LogP contribution in [0.5, 0.6) is 0 Å². The summed E-state index contributed by atoms with van der Waals surface area (Å²) in [5.41, 5.74) is 4.36. The third-order valence-electron chi connectivity index (χ3n) is 8.17. The van der Waals surface area contributed by atoms with Gasteiger partial charge in [0.05, 0.1) is 0 Å². The van der Waals surface area contributed by atoms with E-state index in [1.165, 1.54) is 10.8 Å². The lowest BCUT2D eigenvalue weighted by molar-refractivity contribution is 0.672. The molecule has 0 saturated carbocycles. The average Bonchev–Trinajstić information content (AvgIpc) is 3.46. The summed E-state index contributed by atoms with van der Waals surface area (Å²) in [6, 6.07) is 41.7. The fourth-order valence-corrected chi connectivity index (χ4v) is 6.04. The highest BCUT2D eigenvalue weighted by Crippen LogP contribution is 2.38. The Morgan fingerprint density at radius 1 is 0.465 bits per heavy atom. The quantitative estimate of drug-likeness (QED) is 0.219. The van der Waals surface area contributed by atoms with Crippen LogP contribution in [-0.4, -0.2) is 19.9 Å². The van der Waals surface area contributed by atoms with Crippen molar-refractivity contribution in [2.45, 2.75) is 0 Å². The largest absolute Gasteiger partial charge is 0.455 e. The number of pyridine rings is 1. The normalized spacial score (nSPS) is 11.7. The van der Waals surface area contributed by atoms with E-state index in [-0.39, 0.29) is 0 Å². The highest BCUT2D eigenvalue weighted by atomic mass is 16.3. The molecule has 0 amide bonds. The predicted octanol–water partition coefficient (Wildman–Crippen LogP) is 9.63. The third-order valence-corrected chi connectivity index (χ3v) is 8.17. The average molecular weight is 551 g/mol. The highest BCUT2D eigenvalue weighted by molar-refractivity contribution is 6.18. The first kappa shape index (κ1) is 23.7. The lowest BCUT2D eigenvalue weighted by atomic mass is 10.0. The van der Waals surface area contributed by atoms with E-state index in [1.807, 2.05) is 18.3 Å². The molecule has 0 aliphatic carbocycles. The van der Waals surface area contributed by atoms with Gasteiger partial charge in [0.15, 0.2) is 17.5 Å². The maximum absolute atomic E-state index is 6.44. The van der Waals surface area contributed by atoms with Crippen molar-refractivity contribution < 1.29 is 4.42 Å². The van der Waals surface area contributed by atoms with E-state index < -0.39 is 0 Å². The van der Waals surface area contributed by atoms with Crippen LogP contribution in [0.2, 0.25) is 0 Å². The number of aromatic nitrogens is 4. The standard InChI is InChI=1S/C38H22N4O/c1-3-8-26-20-28(14-12-23(26)6-1)36-40-37(29-15-13-24-7-2-4-9-27(24)21-29)42-38(41-36)31-11-5-10-25-16-17-30-32-22-39-19-18-33(32)43-35(30)34(25)31/h1-22H. The summed E-state index contributed by atoms with van der Waals surface area (Å²) < 4.78 is 6.44. The monoisotopic (exact) mass is 550 g/mol. The van der Waals surface area contributed by atoms with Gasteiger partial charge < -0.3 is 4.42 Å². The van der Waals surface area contributed by atoms with Gasteiger partial charge in [0.25, 0.3) is 0 Å². The maximum atomic E-state index is 6.44. The van der Waals surface area contributed by atoms with E-state index >= 15 is 0 Å². The van der Waals surface area contributed by atoms with E-state index in [4.69, 9.17) is 19.4 Å². The molecular weight excluding hydrogens is 528 g/mol. The molecule has 0 saturated heterocycles. The van der Waals surface area contributed by atoms with E-state index in [0.29, 0.717) is 17.5 Å². The minimum atomic E-state index is 0.595. The molecule has 9 aromatic rings. The summed E-state index contributed by atoms with van der Waals surface area (Å²) in [4.78, 5) is 19.6. The molecule has 0 spiro atoms. The van der Waals surface area contributed by atoms with Gasteiger partial charge in [0, 0.05) is 45.2 Å². The van der Waals surface area contributed by atoms with Crippen LogP contribution in [0.3, 0.4) is 0 Å². The highest BCUT2D eigenvalue weighted by Gasteiger charge is 2.18. The van der Waals surface area contributed by atoms with E-state index in [2.05, 4.69) is 114 Å². The molecule has 0 unspecified atom stereocenters. The summed E-state index contributed by atoms with van der Waals surface area (Å²) >= 11 is 0. The Kier molecular flexibility index (Phi) is 5.13. The van der Waals surface area contributed by atoms with Crippen LogP contribution in [0.4, 0.5) is 0 Å². The van der Waals surface area contributed by atoms with Gasteiger partial charge in [0.1, 0.15) is 11.2 Å². The van der Waals surface area contributed by atoms with Crippen LogP contribution >= 0.6 is 0 Å². The fraction of sp³-hybridized carbons (Fsp3) is 0. The minimum Gasteiger partial charge on any atom is -0.455 e. The molecule has 3 heterocycles. The van der Waals surface area contributed by atoms with Crippen molar-refractivity contribution in [2.75, 3.05) is 0 Å². The van der Waals surface area contributed by atoms with E-state index in [1.54, 1.807) is 6.20 Å². The molecule has 5 heteroatoms. The number of hydrogen-bond acceptors (Lipinski definition) is 5. The molecule has 200 valence electrons. The Bertz CT molecular complexity index is 2430. The second kappa shape index (κ2) is 9.29. The van der Waals surface area contributed by atoms with Crippen molar-refractivity contribution in [3.05, 3.63) is 134 Å². The topological polar surface area (TPSA) is 64.7 Å². The molecule has 0 fully saturated rings. The molecule has 0 bridgehead atoms. The SMILES string of the molecule is c1ccc2cc(-c3nc(-c4ccc5ccccc5c4)nc(-c4cccc5ccc6c7cnccc7oc6c45)n3)ccc2c1. The first-order chi connectivity index (χ1) is 21.3. The van der Waals surface area contributed by atoms with Crippen LogP contribution < -0.4 is 0 Å². The Hall–Kier alpha value is -5.94. The van der Waals surface area contributed by atoms with E-state index in [9.17, 15) is 0 Å². The zero-order chi connectivity index (χ0) is 28.3. The summed E-state index contributed by atoms with van der Waals surface area (Å²) in [6.45, 7) is 0. The number of furan rings is 1. The summed E-state index contributed by atoms with van der Waals surface area (Å²) in [6.07, 6.45) is 3.61. The van der Waals surface area contributed by atoms with Gasteiger partial charge >= 0.3 is 0 Å². The second-order valence-electron chi connectivity index (χ2n) is 10.7. The van der Waals surface area contributed by atoms with Gasteiger partial charge in [-0.05, 0) is 51.2 Å². The van der Waals surface area contributed by atoms with Crippen LogP contribution in [0.15, 0.2) is 138 Å². The molecule has 0 N–H and O–H groups in total. The predicted molar refractivity (Wildman–Crippen MR) is 174 cm³/mol. The molecule has 0 aliphatic rings. The van der Waals surface area contributed by atoms with Crippen LogP contribution in [0, 0.1) is 0 Å². The van der Waals surface area contributed by atoms with Crippen LogP contribution in [0.1, 0.15) is 0 Å². The first-order valence-electron chi connectivity index (χ1n) is 14.2. The first-order valence-corrected chi connectivity index (χ1v) is 14.2. The lowest BCUT2D eigenvalue weighted by Crippen LogP contribution is -2.00.